The molecule has 14 heteroatoms. The number of esters is 1. The predicted molar refractivity (Wildman–Crippen MR) is 139 cm³/mol. The minimum atomic E-state index is -0.803. The Morgan fingerprint density at radius 2 is 1.74 bits per heavy atom. The third kappa shape index (κ3) is 9.53. The Kier molecular flexibility index (Phi) is 9.20. The molecule has 0 bridgehead atoms. The summed E-state index contributed by atoms with van der Waals surface area (Å²) in [4.78, 5) is 29.7. The summed E-state index contributed by atoms with van der Waals surface area (Å²) in [6, 6.07) is 4.20. The number of hydrogen-bond donors (Lipinski definition) is 1. The molecule has 0 radical (unpaired) electrons. The van der Waals surface area contributed by atoms with Crippen molar-refractivity contribution in [2.24, 2.45) is 0 Å². The summed E-state index contributed by atoms with van der Waals surface area (Å²) in [7, 11) is 0. The average Bonchev–Trinajstić information content (AvgIpc) is 3.22. The number of nitrogens with zero attached hydrogens (tertiary/aromatic N) is 5. The van der Waals surface area contributed by atoms with E-state index < -0.39 is 40.9 Å². The molecule has 1 amide bonds. The lowest BCUT2D eigenvalue weighted by molar-refractivity contribution is -0.155. The van der Waals surface area contributed by atoms with Gasteiger partial charge in [-0.15, -0.1) is 10.2 Å². The molecule has 1 atom stereocenters. The monoisotopic (exact) mass is 610 g/mol. The van der Waals surface area contributed by atoms with Crippen molar-refractivity contribution in [3.8, 4) is 23.0 Å². The number of hydrogen-bond acceptors (Lipinski definition) is 9. The van der Waals surface area contributed by atoms with Crippen molar-refractivity contribution >= 4 is 28.0 Å². The number of carbonyl (C=O) groups is 2. The lowest BCUT2D eigenvalue weighted by Crippen LogP contribution is -2.43. The van der Waals surface area contributed by atoms with Crippen LogP contribution in [0.5, 0.6) is 11.6 Å². The lowest BCUT2D eigenvalue weighted by atomic mass is 10.1. The molecule has 2 heterocycles. The normalized spacial score (nSPS) is 12.5. The highest BCUT2D eigenvalue weighted by atomic mass is 79.9. The molecule has 3 rings (SSSR count). The van der Waals surface area contributed by atoms with Gasteiger partial charge in [-0.1, -0.05) is 0 Å². The van der Waals surface area contributed by atoms with E-state index in [0.29, 0.717) is 4.47 Å². The Balaban J connectivity index is 1.74. The minimum Gasteiger partial charge on any atom is -0.460 e. The fourth-order valence-corrected chi connectivity index (χ4v) is 3.46. The number of pyridine rings is 1. The molecule has 0 aliphatic rings. The average molecular weight is 611 g/mol. The number of aromatic nitrogens is 5. The van der Waals surface area contributed by atoms with Crippen molar-refractivity contribution < 1.29 is 32.6 Å². The maximum absolute atomic E-state index is 14.7. The van der Waals surface area contributed by atoms with Gasteiger partial charge < -0.3 is 19.5 Å². The molecule has 3 aromatic rings. The van der Waals surface area contributed by atoms with Crippen molar-refractivity contribution in [3.63, 3.8) is 0 Å². The zero-order valence-electron chi connectivity index (χ0n) is 22.3. The second kappa shape index (κ2) is 12.0. The van der Waals surface area contributed by atoms with E-state index in [1.807, 2.05) is 0 Å². The highest BCUT2D eigenvalue weighted by Gasteiger charge is 2.25. The van der Waals surface area contributed by atoms with E-state index in [1.165, 1.54) is 18.3 Å². The Bertz CT molecular complexity index is 1310. The smallest absolute Gasteiger partial charge is 0.407 e. The van der Waals surface area contributed by atoms with Crippen LogP contribution in [-0.4, -0.2) is 54.5 Å². The van der Waals surface area contributed by atoms with Gasteiger partial charge in [-0.05, 0) is 87.0 Å². The molecule has 1 N–H and O–H groups in total. The Morgan fingerprint density at radius 1 is 1.05 bits per heavy atom. The number of tetrazole rings is 1. The van der Waals surface area contributed by atoms with Crippen molar-refractivity contribution in [2.75, 3.05) is 0 Å². The van der Waals surface area contributed by atoms with Crippen LogP contribution in [0.2, 0.25) is 0 Å². The number of amides is 1. The molecule has 2 aromatic heterocycles. The van der Waals surface area contributed by atoms with E-state index in [-0.39, 0.29) is 36.0 Å². The number of carbonyl (C=O) groups excluding carboxylic acids is 2. The van der Waals surface area contributed by atoms with Gasteiger partial charge in [-0.25, -0.2) is 18.6 Å². The quantitative estimate of drug-likeness (QED) is 0.342. The van der Waals surface area contributed by atoms with Crippen LogP contribution >= 0.6 is 15.9 Å². The van der Waals surface area contributed by atoms with Gasteiger partial charge in [0.25, 0.3) is 5.88 Å². The van der Waals surface area contributed by atoms with Crippen molar-refractivity contribution in [2.45, 2.75) is 71.8 Å². The van der Waals surface area contributed by atoms with Crippen LogP contribution < -0.4 is 10.1 Å². The van der Waals surface area contributed by atoms with Crippen LogP contribution in [0.25, 0.3) is 11.4 Å². The summed E-state index contributed by atoms with van der Waals surface area (Å²) in [6.45, 7) is 10.3. The molecule has 0 saturated heterocycles. The van der Waals surface area contributed by atoms with Gasteiger partial charge in [0.15, 0.2) is 17.4 Å². The van der Waals surface area contributed by atoms with E-state index >= 15 is 0 Å². The maximum Gasteiger partial charge on any atom is 0.407 e. The first-order valence-electron chi connectivity index (χ1n) is 11.9. The van der Waals surface area contributed by atoms with E-state index in [1.54, 1.807) is 41.5 Å². The number of ether oxygens (including phenoxy) is 3. The van der Waals surface area contributed by atoms with Gasteiger partial charge in [0.05, 0.1) is 19.0 Å². The Morgan fingerprint density at radius 3 is 2.36 bits per heavy atom. The molecule has 0 aliphatic carbocycles. The molecular formula is C25H29BrF2N6O5. The first-order chi connectivity index (χ1) is 18.1. The van der Waals surface area contributed by atoms with Crippen LogP contribution in [0.15, 0.2) is 34.9 Å². The first kappa shape index (κ1) is 29.9. The molecule has 11 nitrogen and oxygen atoms in total. The third-order valence-electron chi connectivity index (χ3n) is 4.56. The molecule has 0 spiro atoms. The second-order valence-electron chi connectivity index (χ2n) is 10.5. The van der Waals surface area contributed by atoms with Gasteiger partial charge >= 0.3 is 12.1 Å². The van der Waals surface area contributed by atoms with Crippen LogP contribution in [0.3, 0.4) is 0 Å². The van der Waals surface area contributed by atoms with Crippen molar-refractivity contribution in [3.05, 3.63) is 46.6 Å². The van der Waals surface area contributed by atoms with E-state index in [0.717, 1.165) is 16.9 Å². The SMILES string of the molecule is CC(C)(C)OC(=O)C[C@@H](Cn1nnc(-c2ccc(Oc3ncc(Br)cc3F)c(F)c2)n1)NC(=O)OC(C)(C)C. The van der Waals surface area contributed by atoms with Crippen LogP contribution in [0.1, 0.15) is 48.0 Å². The number of alkyl carbamates (subject to hydrolysis) is 1. The molecular weight excluding hydrogens is 582 g/mol. The lowest BCUT2D eigenvalue weighted by Gasteiger charge is -2.24. The Labute approximate surface area is 232 Å². The maximum atomic E-state index is 14.7. The van der Waals surface area contributed by atoms with Crippen molar-refractivity contribution in [1.29, 1.82) is 0 Å². The topological polar surface area (TPSA) is 130 Å². The number of halogens is 3. The largest absolute Gasteiger partial charge is 0.460 e. The fourth-order valence-electron chi connectivity index (χ4n) is 3.16. The number of rotatable bonds is 8. The van der Waals surface area contributed by atoms with Crippen LogP contribution in [-0.2, 0) is 20.8 Å². The van der Waals surface area contributed by atoms with Gasteiger partial charge in [0.1, 0.15) is 11.2 Å². The van der Waals surface area contributed by atoms with Crippen molar-refractivity contribution in [1.82, 2.24) is 30.5 Å². The summed E-state index contributed by atoms with van der Waals surface area (Å²) < 4.78 is 45.0. The third-order valence-corrected chi connectivity index (χ3v) is 4.99. The molecule has 39 heavy (non-hydrogen) atoms. The van der Waals surface area contributed by atoms with Gasteiger partial charge in [0, 0.05) is 16.2 Å². The fraction of sp³-hybridized carbons (Fsp3) is 0.440. The molecule has 1 aromatic carbocycles. The summed E-state index contributed by atoms with van der Waals surface area (Å²) in [5, 5.41) is 14.7. The summed E-state index contributed by atoms with van der Waals surface area (Å²) in [5.74, 6) is -2.68. The van der Waals surface area contributed by atoms with Crippen LogP contribution in [0.4, 0.5) is 13.6 Å². The van der Waals surface area contributed by atoms with Crippen LogP contribution in [0, 0.1) is 11.6 Å². The zero-order valence-corrected chi connectivity index (χ0v) is 23.9. The molecule has 0 aliphatic heterocycles. The summed E-state index contributed by atoms with van der Waals surface area (Å²) >= 11 is 3.09. The van der Waals surface area contributed by atoms with Gasteiger partial charge in [-0.2, -0.15) is 4.80 Å². The highest BCUT2D eigenvalue weighted by Crippen LogP contribution is 2.29. The van der Waals surface area contributed by atoms with E-state index in [9.17, 15) is 18.4 Å². The predicted octanol–water partition coefficient (Wildman–Crippen LogP) is 5.19. The first-order valence-corrected chi connectivity index (χ1v) is 12.7. The summed E-state index contributed by atoms with van der Waals surface area (Å²) in [5.41, 5.74) is -1.21. The molecule has 0 unspecified atom stereocenters. The van der Waals surface area contributed by atoms with E-state index in [4.69, 9.17) is 14.2 Å². The Hall–Kier alpha value is -3.68. The standard InChI is InChI=1S/C25H29BrF2N6O5/c1-24(2,3)38-20(35)11-16(30-23(36)39-25(4,5)6)13-34-32-21(31-33-34)14-7-8-19(17(27)9-14)37-22-18(28)10-15(26)12-29-22/h7-10,12,16H,11,13H2,1-6H3,(H,30,36)/t16-/m0/s1. The minimum absolute atomic E-state index is 0.0519. The molecule has 0 saturated carbocycles. The highest BCUT2D eigenvalue weighted by molar-refractivity contribution is 9.10. The molecule has 0 fully saturated rings. The summed E-state index contributed by atoms with van der Waals surface area (Å²) in [6.07, 6.45) is 0.404. The number of nitrogens with one attached hydrogen (secondary N) is 1. The van der Waals surface area contributed by atoms with E-state index in [2.05, 4.69) is 41.6 Å². The second-order valence-corrected chi connectivity index (χ2v) is 11.4. The zero-order chi connectivity index (χ0) is 29.0. The van der Waals surface area contributed by atoms with Gasteiger partial charge in [0.2, 0.25) is 5.82 Å². The van der Waals surface area contributed by atoms with Gasteiger partial charge in [-0.3, -0.25) is 4.79 Å². The molecule has 210 valence electrons. The number of benzene rings is 1.